The lowest BCUT2D eigenvalue weighted by Crippen LogP contribution is -2.30. The standard InChI is InChI=1S/C15H15ClFNOS/c1-3-18(9-12-6-7-14(16)20-12)15(19)11-5-4-10(2)13(17)8-11/h4-8H,3,9H2,1-2H3. The first-order valence-electron chi connectivity index (χ1n) is 6.31. The highest BCUT2D eigenvalue weighted by Gasteiger charge is 2.16. The summed E-state index contributed by atoms with van der Waals surface area (Å²) in [5, 5.41) is 0. The molecule has 0 bridgehead atoms. The first-order chi connectivity index (χ1) is 9.51. The van der Waals surface area contributed by atoms with Gasteiger partial charge in [-0.15, -0.1) is 11.3 Å². The first-order valence-corrected chi connectivity index (χ1v) is 7.50. The minimum Gasteiger partial charge on any atom is -0.334 e. The second-order valence-corrected chi connectivity index (χ2v) is 6.29. The van der Waals surface area contributed by atoms with Gasteiger partial charge in [0.15, 0.2) is 0 Å². The summed E-state index contributed by atoms with van der Waals surface area (Å²) in [5.41, 5.74) is 0.909. The molecule has 0 aliphatic carbocycles. The molecule has 1 aromatic carbocycles. The number of aryl methyl sites for hydroxylation is 1. The topological polar surface area (TPSA) is 20.3 Å². The quantitative estimate of drug-likeness (QED) is 0.813. The van der Waals surface area contributed by atoms with Crippen LogP contribution in [0.4, 0.5) is 4.39 Å². The Kier molecular flexibility index (Phi) is 4.78. The number of amides is 1. The molecule has 0 saturated heterocycles. The zero-order valence-electron chi connectivity index (χ0n) is 11.3. The number of carbonyl (C=O) groups excluding carboxylic acids is 1. The lowest BCUT2D eigenvalue weighted by molar-refractivity contribution is 0.0753. The van der Waals surface area contributed by atoms with Gasteiger partial charge >= 0.3 is 0 Å². The molecule has 1 amide bonds. The summed E-state index contributed by atoms with van der Waals surface area (Å²) in [6, 6.07) is 8.29. The molecule has 2 rings (SSSR count). The Morgan fingerprint density at radius 2 is 2.10 bits per heavy atom. The van der Waals surface area contributed by atoms with Gasteiger partial charge in [0.05, 0.1) is 10.9 Å². The van der Waals surface area contributed by atoms with Crippen molar-refractivity contribution < 1.29 is 9.18 Å². The molecule has 0 atom stereocenters. The molecule has 1 heterocycles. The van der Waals surface area contributed by atoms with Gasteiger partial charge in [-0.1, -0.05) is 17.7 Å². The molecule has 1 aromatic heterocycles. The Balaban J connectivity index is 2.18. The van der Waals surface area contributed by atoms with E-state index in [4.69, 9.17) is 11.6 Å². The molecule has 2 aromatic rings. The van der Waals surface area contributed by atoms with E-state index in [-0.39, 0.29) is 11.7 Å². The van der Waals surface area contributed by atoms with Gasteiger partial charge in [-0.25, -0.2) is 4.39 Å². The van der Waals surface area contributed by atoms with Crippen molar-refractivity contribution in [3.8, 4) is 0 Å². The van der Waals surface area contributed by atoms with Crippen LogP contribution in [-0.2, 0) is 6.54 Å². The number of rotatable bonds is 4. The maximum atomic E-state index is 13.6. The highest BCUT2D eigenvalue weighted by Crippen LogP contribution is 2.23. The van der Waals surface area contributed by atoms with Crippen molar-refractivity contribution in [2.24, 2.45) is 0 Å². The van der Waals surface area contributed by atoms with Crippen molar-refractivity contribution in [3.63, 3.8) is 0 Å². The van der Waals surface area contributed by atoms with Gasteiger partial charge in [0.1, 0.15) is 5.82 Å². The van der Waals surface area contributed by atoms with Crippen molar-refractivity contribution in [1.82, 2.24) is 4.90 Å². The highest BCUT2D eigenvalue weighted by molar-refractivity contribution is 7.16. The van der Waals surface area contributed by atoms with Crippen LogP contribution >= 0.6 is 22.9 Å². The number of halogens is 2. The number of carbonyl (C=O) groups is 1. The van der Waals surface area contributed by atoms with Gasteiger partial charge in [-0.2, -0.15) is 0 Å². The summed E-state index contributed by atoms with van der Waals surface area (Å²) < 4.78 is 14.2. The Labute approximate surface area is 126 Å². The van der Waals surface area contributed by atoms with Crippen molar-refractivity contribution in [2.45, 2.75) is 20.4 Å². The fourth-order valence-corrected chi connectivity index (χ4v) is 2.96. The van der Waals surface area contributed by atoms with E-state index in [0.29, 0.717) is 28.6 Å². The predicted molar refractivity (Wildman–Crippen MR) is 80.9 cm³/mol. The third kappa shape index (κ3) is 3.38. The van der Waals surface area contributed by atoms with Crippen molar-refractivity contribution in [2.75, 3.05) is 6.54 Å². The van der Waals surface area contributed by atoms with Crippen molar-refractivity contribution in [3.05, 3.63) is 56.5 Å². The van der Waals surface area contributed by atoms with Gasteiger partial charge in [-0.3, -0.25) is 4.79 Å². The van der Waals surface area contributed by atoms with Gasteiger partial charge in [0, 0.05) is 17.0 Å². The minimum absolute atomic E-state index is 0.170. The van der Waals surface area contributed by atoms with Crippen LogP contribution < -0.4 is 0 Å². The lowest BCUT2D eigenvalue weighted by atomic mass is 10.1. The van der Waals surface area contributed by atoms with Crippen LogP contribution in [0.2, 0.25) is 4.34 Å². The summed E-state index contributed by atoms with van der Waals surface area (Å²) in [5.74, 6) is -0.526. The molecule has 0 aliphatic heterocycles. The average Bonchev–Trinajstić information content (AvgIpc) is 2.84. The Bertz CT molecular complexity index is 626. The summed E-state index contributed by atoms with van der Waals surface area (Å²) >= 11 is 7.33. The largest absolute Gasteiger partial charge is 0.334 e. The fourth-order valence-electron chi connectivity index (χ4n) is 1.86. The number of benzene rings is 1. The van der Waals surface area contributed by atoms with Crippen LogP contribution in [0.3, 0.4) is 0 Å². The molecule has 20 heavy (non-hydrogen) atoms. The molecular weight excluding hydrogens is 297 g/mol. The van der Waals surface area contributed by atoms with E-state index in [1.807, 2.05) is 19.1 Å². The molecule has 0 N–H and O–H groups in total. The summed E-state index contributed by atoms with van der Waals surface area (Å²) in [7, 11) is 0. The van der Waals surface area contributed by atoms with Crippen LogP contribution in [0.5, 0.6) is 0 Å². The average molecular weight is 312 g/mol. The Hall–Kier alpha value is -1.39. The monoisotopic (exact) mass is 311 g/mol. The molecule has 0 unspecified atom stereocenters. The van der Waals surface area contributed by atoms with E-state index >= 15 is 0 Å². The molecule has 0 fully saturated rings. The Morgan fingerprint density at radius 3 is 2.65 bits per heavy atom. The Morgan fingerprint density at radius 1 is 1.35 bits per heavy atom. The lowest BCUT2D eigenvalue weighted by Gasteiger charge is -2.20. The van der Waals surface area contributed by atoms with Gasteiger partial charge in [0.25, 0.3) is 5.91 Å². The maximum Gasteiger partial charge on any atom is 0.254 e. The van der Waals surface area contributed by atoms with Crippen molar-refractivity contribution >= 4 is 28.8 Å². The number of hydrogen-bond acceptors (Lipinski definition) is 2. The minimum atomic E-state index is -0.355. The van der Waals surface area contributed by atoms with E-state index in [9.17, 15) is 9.18 Å². The van der Waals surface area contributed by atoms with E-state index in [2.05, 4.69) is 0 Å². The molecule has 0 radical (unpaired) electrons. The molecule has 2 nitrogen and oxygen atoms in total. The fraction of sp³-hybridized carbons (Fsp3) is 0.267. The zero-order chi connectivity index (χ0) is 14.7. The first kappa shape index (κ1) is 15.0. The molecule has 0 spiro atoms. The van der Waals surface area contributed by atoms with Crippen molar-refractivity contribution in [1.29, 1.82) is 0 Å². The normalized spacial score (nSPS) is 10.6. The van der Waals surface area contributed by atoms with Gasteiger partial charge in [0.2, 0.25) is 0 Å². The third-order valence-corrected chi connectivity index (χ3v) is 4.28. The summed E-state index contributed by atoms with van der Waals surface area (Å²) in [4.78, 5) is 15.1. The number of nitrogens with zero attached hydrogens (tertiary/aromatic N) is 1. The van der Waals surface area contributed by atoms with Gasteiger partial charge < -0.3 is 4.90 Å². The van der Waals surface area contributed by atoms with Crippen LogP contribution in [0.15, 0.2) is 30.3 Å². The van der Waals surface area contributed by atoms with Crippen LogP contribution in [-0.4, -0.2) is 17.4 Å². The van der Waals surface area contributed by atoms with E-state index < -0.39 is 0 Å². The van der Waals surface area contributed by atoms with Crippen LogP contribution in [0.1, 0.15) is 27.7 Å². The van der Waals surface area contributed by atoms with E-state index in [1.54, 1.807) is 24.0 Å². The molecule has 5 heteroatoms. The SMILES string of the molecule is CCN(Cc1ccc(Cl)s1)C(=O)c1ccc(C)c(F)c1. The maximum absolute atomic E-state index is 13.6. The molecule has 106 valence electrons. The molecule has 0 saturated carbocycles. The smallest absolute Gasteiger partial charge is 0.254 e. The number of thiophene rings is 1. The molecule has 0 aliphatic rings. The predicted octanol–water partition coefficient (Wildman–Crippen LogP) is 4.51. The van der Waals surface area contributed by atoms with E-state index in [0.717, 1.165) is 4.88 Å². The second kappa shape index (κ2) is 6.37. The molecular formula is C15H15ClFNOS. The number of hydrogen-bond donors (Lipinski definition) is 0. The summed E-state index contributed by atoms with van der Waals surface area (Å²) in [6.07, 6.45) is 0. The van der Waals surface area contributed by atoms with Crippen LogP contribution in [0.25, 0.3) is 0 Å². The van der Waals surface area contributed by atoms with E-state index in [1.165, 1.54) is 17.4 Å². The van der Waals surface area contributed by atoms with Gasteiger partial charge in [-0.05, 0) is 43.7 Å². The second-order valence-electron chi connectivity index (χ2n) is 4.49. The zero-order valence-corrected chi connectivity index (χ0v) is 12.9. The summed E-state index contributed by atoms with van der Waals surface area (Å²) in [6.45, 7) is 4.62. The highest BCUT2D eigenvalue weighted by atomic mass is 35.5. The van der Waals surface area contributed by atoms with Crippen LogP contribution in [0, 0.1) is 12.7 Å². The third-order valence-electron chi connectivity index (χ3n) is 3.06.